The largest absolute Gasteiger partial charge is 0.359 e. The quantitative estimate of drug-likeness (QED) is 0.666. The highest BCUT2D eigenvalue weighted by atomic mass is 16.5. The zero-order valence-corrected chi connectivity index (χ0v) is 14.1. The maximum absolute atomic E-state index is 12.7. The number of Topliss-reactive ketones (excluding diaryl/α,β-unsaturated/α-hetero) is 1. The first-order chi connectivity index (χ1) is 12.1. The molecule has 0 aliphatic heterocycles. The van der Waals surface area contributed by atoms with Crippen LogP contribution < -0.4 is 0 Å². The highest BCUT2D eigenvalue weighted by Crippen LogP contribution is 2.20. The number of carbonyl (C=O) groups excluding carboxylic acids is 2. The van der Waals surface area contributed by atoms with E-state index in [0.29, 0.717) is 16.9 Å². The molecule has 1 amide bonds. The van der Waals surface area contributed by atoms with E-state index < -0.39 is 0 Å². The fourth-order valence-corrected chi connectivity index (χ4v) is 2.62. The third-order valence-corrected chi connectivity index (χ3v) is 3.90. The number of carbonyl (C=O) groups is 2. The molecule has 0 aliphatic carbocycles. The van der Waals surface area contributed by atoms with Crippen LogP contribution in [0.1, 0.15) is 33.4 Å². The van der Waals surface area contributed by atoms with Gasteiger partial charge in [0.05, 0.1) is 12.1 Å². The van der Waals surface area contributed by atoms with Crippen LogP contribution in [-0.2, 0) is 6.54 Å². The minimum atomic E-state index is -0.233. The Morgan fingerprint density at radius 3 is 2.32 bits per heavy atom. The molecule has 0 aliphatic rings. The zero-order chi connectivity index (χ0) is 17.8. The van der Waals surface area contributed by atoms with Crippen molar-refractivity contribution in [2.24, 2.45) is 0 Å². The number of hydrogen-bond acceptors (Lipinski definition) is 4. The Balaban J connectivity index is 1.77. The highest BCUT2D eigenvalue weighted by molar-refractivity contribution is 6.07. The van der Waals surface area contributed by atoms with Gasteiger partial charge >= 0.3 is 0 Å². The molecule has 5 nitrogen and oxygen atoms in total. The minimum absolute atomic E-state index is 0.136. The molecule has 0 radical (unpaired) electrons. The Morgan fingerprint density at radius 1 is 1.00 bits per heavy atom. The van der Waals surface area contributed by atoms with Crippen molar-refractivity contribution in [3.63, 3.8) is 0 Å². The molecule has 5 heteroatoms. The van der Waals surface area contributed by atoms with E-state index in [0.717, 1.165) is 11.3 Å². The molecule has 0 atom stereocenters. The molecule has 2 aromatic carbocycles. The van der Waals surface area contributed by atoms with E-state index in [1.165, 1.54) is 11.8 Å². The smallest absolute Gasteiger partial charge is 0.254 e. The summed E-state index contributed by atoms with van der Waals surface area (Å²) in [6, 6.07) is 18.3. The Morgan fingerprint density at radius 2 is 1.64 bits per heavy atom. The predicted octanol–water partition coefficient (Wildman–Crippen LogP) is 3.82. The summed E-state index contributed by atoms with van der Waals surface area (Å²) in [7, 11) is 1.67. The number of hydrogen-bond donors (Lipinski definition) is 0. The molecule has 1 heterocycles. The van der Waals surface area contributed by atoms with Crippen LogP contribution >= 0.6 is 0 Å². The normalized spacial score (nSPS) is 10.5. The van der Waals surface area contributed by atoms with Gasteiger partial charge < -0.3 is 9.42 Å². The monoisotopic (exact) mass is 334 g/mol. The van der Waals surface area contributed by atoms with Gasteiger partial charge in [-0.2, -0.15) is 0 Å². The fourth-order valence-electron chi connectivity index (χ4n) is 2.62. The lowest BCUT2D eigenvalue weighted by molar-refractivity contribution is 0.0767. The summed E-state index contributed by atoms with van der Waals surface area (Å²) in [4.78, 5) is 25.9. The molecular weight excluding hydrogens is 316 g/mol. The molecule has 0 fully saturated rings. The van der Waals surface area contributed by atoms with Crippen LogP contribution in [0.5, 0.6) is 0 Å². The van der Waals surface area contributed by atoms with E-state index in [4.69, 9.17) is 4.52 Å². The maximum atomic E-state index is 12.7. The van der Waals surface area contributed by atoms with E-state index in [9.17, 15) is 9.59 Å². The summed E-state index contributed by atoms with van der Waals surface area (Å²) in [6.07, 6.45) is 0. The van der Waals surface area contributed by atoms with Crippen LogP contribution in [0.4, 0.5) is 0 Å². The van der Waals surface area contributed by atoms with Crippen molar-refractivity contribution in [1.82, 2.24) is 10.1 Å². The van der Waals surface area contributed by atoms with Crippen molar-refractivity contribution in [1.29, 1.82) is 0 Å². The van der Waals surface area contributed by atoms with Gasteiger partial charge in [0.1, 0.15) is 5.69 Å². The second kappa shape index (κ2) is 7.13. The van der Waals surface area contributed by atoms with E-state index in [1.54, 1.807) is 31.3 Å². The summed E-state index contributed by atoms with van der Waals surface area (Å²) in [5.74, 6) is 0.210. The first-order valence-corrected chi connectivity index (χ1v) is 7.92. The van der Waals surface area contributed by atoms with Crippen molar-refractivity contribution >= 4 is 11.7 Å². The Bertz CT molecular complexity index is 900. The number of ketones is 1. The molecule has 25 heavy (non-hydrogen) atoms. The minimum Gasteiger partial charge on any atom is -0.359 e. The standard InChI is InChI=1S/C20H18N2O3/c1-14(23)17-10-6-7-11-18(17)20(24)22(2)13-16-12-19(21-25-16)15-8-4-3-5-9-15/h3-12H,13H2,1-2H3. The van der Waals surface area contributed by atoms with Gasteiger partial charge in [0, 0.05) is 24.2 Å². The number of aromatic nitrogens is 1. The van der Waals surface area contributed by atoms with Crippen LogP contribution in [0.15, 0.2) is 65.2 Å². The van der Waals surface area contributed by atoms with Gasteiger partial charge in [0.2, 0.25) is 0 Å². The average molecular weight is 334 g/mol. The molecule has 0 saturated carbocycles. The van der Waals surface area contributed by atoms with Crippen molar-refractivity contribution in [2.45, 2.75) is 13.5 Å². The lowest BCUT2D eigenvalue weighted by Crippen LogP contribution is -2.27. The molecule has 3 aromatic rings. The third kappa shape index (κ3) is 3.66. The second-order valence-corrected chi connectivity index (χ2v) is 5.81. The summed E-state index contributed by atoms with van der Waals surface area (Å²) in [5, 5.41) is 4.05. The maximum Gasteiger partial charge on any atom is 0.254 e. The van der Waals surface area contributed by atoms with E-state index >= 15 is 0 Å². The van der Waals surface area contributed by atoms with E-state index in [2.05, 4.69) is 5.16 Å². The van der Waals surface area contributed by atoms with Gasteiger partial charge in [-0.1, -0.05) is 53.7 Å². The summed E-state index contributed by atoms with van der Waals surface area (Å²) in [6.45, 7) is 1.72. The van der Waals surface area contributed by atoms with Crippen LogP contribution in [-0.4, -0.2) is 28.8 Å². The van der Waals surface area contributed by atoms with Crippen molar-refractivity contribution in [3.8, 4) is 11.3 Å². The number of benzene rings is 2. The van der Waals surface area contributed by atoms with Gasteiger partial charge in [-0.3, -0.25) is 9.59 Å². The van der Waals surface area contributed by atoms with Crippen LogP contribution in [0, 0.1) is 0 Å². The highest BCUT2D eigenvalue weighted by Gasteiger charge is 2.19. The van der Waals surface area contributed by atoms with Crippen LogP contribution in [0.2, 0.25) is 0 Å². The van der Waals surface area contributed by atoms with Crippen molar-refractivity contribution in [2.75, 3.05) is 7.05 Å². The van der Waals surface area contributed by atoms with Crippen LogP contribution in [0.25, 0.3) is 11.3 Å². The molecule has 0 saturated heterocycles. The van der Waals surface area contributed by atoms with E-state index in [1.807, 2.05) is 36.4 Å². The summed E-state index contributed by atoms with van der Waals surface area (Å²) in [5.41, 5.74) is 2.48. The Labute approximate surface area is 145 Å². The molecule has 126 valence electrons. The Hall–Kier alpha value is -3.21. The van der Waals surface area contributed by atoms with Gasteiger partial charge in [-0.15, -0.1) is 0 Å². The Kier molecular flexibility index (Phi) is 4.75. The zero-order valence-electron chi connectivity index (χ0n) is 14.1. The van der Waals surface area contributed by atoms with E-state index in [-0.39, 0.29) is 18.2 Å². The van der Waals surface area contributed by atoms with Crippen molar-refractivity contribution in [3.05, 3.63) is 77.6 Å². The average Bonchev–Trinajstić information content (AvgIpc) is 3.10. The van der Waals surface area contributed by atoms with Gasteiger partial charge in [0.15, 0.2) is 11.5 Å². The molecule has 0 bridgehead atoms. The molecule has 3 rings (SSSR count). The predicted molar refractivity (Wildman–Crippen MR) is 94.2 cm³/mol. The molecule has 1 aromatic heterocycles. The first kappa shape index (κ1) is 16.6. The fraction of sp³-hybridized carbons (Fsp3) is 0.150. The topological polar surface area (TPSA) is 63.4 Å². The van der Waals surface area contributed by atoms with Gasteiger partial charge in [-0.05, 0) is 13.0 Å². The lowest BCUT2D eigenvalue weighted by atomic mass is 10.0. The number of rotatable bonds is 5. The summed E-state index contributed by atoms with van der Waals surface area (Å²) < 4.78 is 5.34. The SMILES string of the molecule is CC(=O)c1ccccc1C(=O)N(C)Cc1cc(-c2ccccc2)no1. The number of nitrogens with zero attached hydrogens (tertiary/aromatic N) is 2. The lowest BCUT2D eigenvalue weighted by Gasteiger charge is -2.16. The molecule has 0 unspecified atom stereocenters. The van der Waals surface area contributed by atoms with Gasteiger partial charge in [-0.25, -0.2) is 0 Å². The van der Waals surface area contributed by atoms with Gasteiger partial charge in [0.25, 0.3) is 5.91 Å². The molecule has 0 spiro atoms. The summed E-state index contributed by atoms with van der Waals surface area (Å²) >= 11 is 0. The first-order valence-electron chi connectivity index (χ1n) is 7.92. The second-order valence-electron chi connectivity index (χ2n) is 5.81. The van der Waals surface area contributed by atoms with Crippen molar-refractivity contribution < 1.29 is 14.1 Å². The molecular formula is C20H18N2O3. The number of amides is 1. The third-order valence-electron chi connectivity index (χ3n) is 3.90. The van der Waals surface area contributed by atoms with Crippen LogP contribution in [0.3, 0.4) is 0 Å². The molecule has 0 N–H and O–H groups in total.